The molecule has 7 heteroatoms. The van der Waals surface area contributed by atoms with Gasteiger partial charge in [0.25, 0.3) is 0 Å². The third-order valence-electron chi connectivity index (χ3n) is 4.69. The average molecular weight is 333 g/mol. The number of hydrogen-bond donors (Lipinski definition) is 1. The van der Waals surface area contributed by atoms with Crippen molar-refractivity contribution in [2.75, 3.05) is 5.32 Å². The monoisotopic (exact) mass is 333 g/mol. The second-order valence-corrected chi connectivity index (χ2v) is 6.12. The molecule has 1 aromatic heterocycles. The number of pyridine rings is 1. The van der Waals surface area contributed by atoms with E-state index in [2.05, 4.69) is 10.3 Å². The van der Waals surface area contributed by atoms with Crippen molar-refractivity contribution in [1.29, 1.82) is 0 Å². The fourth-order valence-corrected chi connectivity index (χ4v) is 3.74. The molecule has 1 N–H and O–H groups in total. The molecule has 1 saturated heterocycles. The molecule has 1 fully saturated rings. The van der Waals surface area contributed by atoms with Gasteiger partial charge < -0.3 is 10.2 Å². The zero-order chi connectivity index (χ0) is 16.8. The number of carbonyl (C=O) groups excluding carboxylic acids is 1. The maximum atomic E-state index is 13.9. The predicted octanol–water partition coefficient (Wildman–Crippen LogP) is 3.79. The lowest BCUT2D eigenvalue weighted by molar-refractivity contribution is 0.178. The summed E-state index contributed by atoms with van der Waals surface area (Å²) in [6.45, 7) is 0. The van der Waals surface area contributed by atoms with E-state index in [0.717, 1.165) is 36.6 Å². The minimum absolute atomic E-state index is 0.0589. The minimum atomic E-state index is -0.759. The van der Waals surface area contributed by atoms with Crippen LogP contribution in [0.5, 0.6) is 0 Å². The van der Waals surface area contributed by atoms with Gasteiger partial charge in [0.1, 0.15) is 11.6 Å². The Kier molecular flexibility index (Phi) is 3.44. The van der Waals surface area contributed by atoms with Gasteiger partial charge in [-0.2, -0.15) is 4.39 Å². The number of rotatable bonds is 1. The molecule has 1 aromatic carbocycles. The number of urea groups is 1. The molecule has 2 atom stereocenters. The summed E-state index contributed by atoms with van der Waals surface area (Å²) in [5, 5.41) is 2.54. The predicted molar refractivity (Wildman–Crippen MR) is 80.9 cm³/mol. The van der Waals surface area contributed by atoms with Crippen molar-refractivity contribution in [3.8, 4) is 0 Å². The summed E-state index contributed by atoms with van der Waals surface area (Å²) >= 11 is 0. The van der Waals surface area contributed by atoms with E-state index in [-0.39, 0.29) is 17.8 Å². The van der Waals surface area contributed by atoms with Crippen LogP contribution in [-0.2, 0) is 6.42 Å². The summed E-state index contributed by atoms with van der Waals surface area (Å²) in [7, 11) is 0. The van der Waals surface area contributed by atoms with Gasteiger partial charge in [0, 0.05) is 29.6 Å². The number of carbonyl (C=O) groups is 1. The first-order valence-electron chi connectivity index (χ1n) is 7.71. The average Bonchev–Trinajstić information content (AvgIpc) is 2.83. The molecule has 2 aromatic rings. The SMILES string of the molecule is O=C(Nc1cc(F)cc(F)c1)N1[C@H]2CC[C@@H]1c1ccnc(F)c1C2. The number of halogens is 3. The van der Waals surface area contributed by atoms with Gasteiger partial charge in [-0.15, -0.1) is 0 Å². The molecule has 2 amide bonds. The van der Waals surface area contributed by atoms with Gasteiger partial charge in [0.15, 0.2) is 0 Å². The molecule has 0 unspecified atom stereocenters. The second-order valence-electron chi connectivity index (χ2n) is 6.12. The zero-order valence-corrected chi connectivity index (χ0v) is 12.6. The quantitative estimate of drug-likeness (QED) is 0.807. The van der Waals surface area contributed by atoms with Gasteiger partial charge in [0.2, 0.25) is 5.95 Å². The van der Waals surface area contributed by atoms with E-state index in [4.69, 9.17) is 0 Å². The molecule has 4 rings (SSSR count). The van der Waals surface area contributed by atoms with Crippen molar-refractivity contribution in [2.24, 2.45) is 0 Å². The zero-order valence-electron chi connectivity index (χ0n) is 12.6. The molecule has 124 valence electrons. The van der Waals surface area contributed by atoms with Crippen molar-refractivity contribution in [3.63, 3.8) is 0 Å². The van der Waals surface area contributed by atoms with Gasteiger partial charge in [-0.25, -0.2) is 18.6 Å². The van der Waals surface area contributed by atoms with Crippen LogP contribution in [0.25, 0.3) is 0 Å². The first-order valence-corrected chi connectivity index (χ1v) is 7.71. The highest BCUT2D eigenvalue weighted by Gasteiger charge is 2.43. The lowest BCUT2D eigenvalue weighted by Crippen LogP contribution is -2.44. The first-order chi connectivity index (χ1) is 11.5. The standard InChI is InChI=1S/C17H14F3N3O/c18-9-5-10(19)7-11(6-9)22-17(24)23-12-1-2-15(23)13-3-4-21-16(20)14(13)8-12/h3-7,12,15H,1-2,8H2,(H,22,24)/t12-,15+/m0/s1. The summed E-state index contributed by atoms with van der Waals surface area (Å²) in [5.41, 5.74) is 1.38. The van der Waals surface area contributed by atoms with E-state index in [1.807, 2.05) is 0 Å². The van der Waals surface area contributed by atoms with Gasteiger partial charge >= 0.3 is 6.03 Å². The minimum Gasteiger partial charge on any atom is -0.314 e. The second kappa shape index (κ2) is 5.51. The largest absolute Gasteiger partial charge is 0.322 e. The highest BCUT2D eigenvalue weighted by molar-refractivity contribution is 5.90. The van der Waals surface area contributed by atoms with Gasteiger partial charge in [-0.3, -0.25) is 0 Å². The highest BCUT2D eigenvalue weighted by atomic mass is 19.1. The Hall–Kier alpha value is -2.57. The van der Waals surface area contributed by atoms with Crippen LogP contribution in [0.15, 0.2) is 30.5 Å². The molecule has 3 heterocycles. The van der Waals surface area contributed by atoms with Crippen LogP contribution >= 0.6 is 0 Å². The number of aromatic nitrogens is 1. The lowest BCUT2D eigenvalue weighted by Gasteiger charge is -2.36. The van der Waals surface area contributed by atoms with E-state index in [0.29, 0.717) is 12.0 Å². The smallest absolute Gasteiger partial charge is 0.314 e. The first kappa shape index (κ1) is 15.0. The Morgan fingerprint density at radius 2 is 1.92 bits per heavy atom. The number of hydrogen-bond acceptors (Lipinski definition) is 2. The molecule has 2 aliphatic heterocycles. The Balaban J connectivity index is 1.62. The fraction of sp³-hybridized carbons (Fsp3) is 0.294. The molecule has 0 saturated carbocycles. The number of fused-ring (bicyclic) bond motifs is 4. The summed E-state index contributed by atoms with van der Waals surface area (Å²) < 4.78 is 40.4. The van der Waals surface area contributed by atoms with E-state index in [1.54, 1.807) is 11.0 Å². The van der Waals surface area contributed by atoms with Gasteiger partial charge in [0.05, 0.1) is 6.04 Å². The summed E-state index contributed by atoms with van der Waals surface area (Å²) in [5.74, 6) is -2.01. The van der Waals surface area contributed by atoms with Crippen molar-refractivity contribution in [2.45, 2.75) is 31.3 Å². The molecule has 2 bridgehead atoms. The van der Waals surface area contributed by atoms with Crippen LogP contribution in [0, 0.1) is 17.6 Å². The highest BCUT2D eigenvalue weighted by Crippen LogP contribution is 2.44. The maximum absolute atomic E-state index is 13.9. The van der Waals surface area contributed by atoms with Crippen molar-refractivity contribution >= 4 is 11.7 Å². The van der Waals surface area contributed by atoms with Crippen LogP contribution in [0.3, 0.4) is 0 Å². The normalized spacial score (nSPS) is 21.5. The van der Waals surface area contributed by atoms with Gasteiger partial charge in [-0.05, 0) is 43.0 Å². The van der Waals surface area contributed by atoms with Crippen LogP contribution in [0.2, 0.25) is 0 Å². The summed E-state index contributed by atoms with van der Waals surface area (Å²) in [6.07, 6.45) is 3.27. The van der Waals surface area contributed by atoms with Gasteiger partial charge in [-0.1, -0.05) is 0 Å². The molecule has 0 aliphatic carbocycles. The van der Waals surface area contributed by atoms with Crippen LogP contribution in [0.1, 0.15) is 30.0 Å². The molecule has 4 nitrogen and oxygen atoms in total. The number of anilines is 1. The van der Waals surface area contributed by atoms with E-state index < -0.39 is 23.6 Å². The third kappa shape index (κ3) is 2.40. The topological polar surface area (TPSA) is 45.2 Å². The Morgan fingerprint density at radius 3 is 2.67 bits per heavy atom. The number of amides is 2. The molecule has 0 spiro atoms. The van der Waals surface area contributed by atoms with Crippen molar-refractivity contribution < 1.29 is 18.0 Å². The number of benzene rings is 1. The molecular formula is C17H14F3N3O. The van der Waals surface area contributed by atoms with Crippen LogP contribution in [0.4, 0.5) is 23.7 Å². The Bertz CT molecular complexity index is 806. The molecule has 2 aliphatic rings. The third-order valence-corrected chi connectivity index (χ3v) is 4.69. The molecule has 0 radical (unpaired) electrons. The van der Waals surface area contributed by atoms with Crippen molar-refractivity contribution in [1.82, 2.24) is 9.88 Å². The number of nitrogens with one attached hydrogen (secondary N) is 1. The van der Waals surface area contributed by atoms with Crippen LogP contribution < -0.4 is 5.32 Å². The van der Waals surface area contributed by atoms with Crippen LogP contribution in [-0.4, -0.2) is 22.0 Å². The molecular weight excluding hydrogens is 319 g/mol. The lowest BCUT2D eigenvalue weighted by atomic mass is 9.95. The Morgan fingerprint density at radius 1 is 1.17 bits per heavy atom. The fourth-order valence-electron chi connectivity index (χ4n) is 3.74. The molecule has 24 heavy (non-hydrogen) atoms. The summed E-state index contributed by atoms with van der Waals surface area (Å²) in [6, 6.07) is 3.78. The van der Waals surface area contributed by atoms with E-state index in [9.17, 15) is 18.0 Å². The Labute approximate surface area is 136 Å². The summed E-state index contributed by atoms with van der Waals surface area (Å²) in [4.78, 5) is 17.9. The van der Waals surface area contributed by atoms with E-state index in [1.165, 1.54) is 6.20 Å². The number of nitrogens with zero attached hydrogens (tertiary/aromatic N) is 2. The van der Waals surface area contributed by atoms with Crippen molar-refractivity contribution in [3.05, 3.63) is 59.2 Å². The van der Waals surface area contributed by atoms with E-state index >= 15 is 0 Å². The maximum Gasteiger partial charge on any atom is 0.322 e.